The number of hydrogen-bond donors (Lipinski definition) is 0. The Hall–Kier alpha value is -2.04. The Morgan fingerprint density at radius 3 is 2.12 bits per heavy atom. The van der Waals surface area contributed by atoms with Crippen molar-refractivity contribution in [1.29, 1.82) is 0 Å². The van der Waals surface area contributed by atoms with Gasteiger partial charge in [0.05, 0.1) is 10.6 Å². The van der Waals surface area contributed by atoms with Crippen LogP contribution in [0.2, 0.25) is 5.02 Å². The van der Waals surface area contributed by atoms with E-state index in [4.69, 9.17) is 11.6 Å². The van der Waals surface area contributed by atoms with E-state index in [1.54, 1.807) is 30.3 Å². The summed E-state index contributed by atoms with van der Waals surface area (Å²) in [5, 5.41) is 0.259. The summed E-state index contributed by atoms with van der Waals surface area (Å²) in [6, 6.07) is 14.7. The van der Waals surface area contributed by atoms with Crippen molar-refractivity contribution in [3.63, 3.8) is 0 Å². The van der Waals surface area contributed by atoms with E-state index in [-0.39, 0.29) is 16.6 Å². The predicted octanol–water partition coefficient (Wildman–Crippen LogP) is 5.88. The number of benzene rings is 2. The van der Waals surface area contributed by atoms with Crippen LogP contribution in [0.4, 0.5) is 10.5 Å². The van der Waals surface area contributed by atoms with Crippen LogP contribution in [0.5, 0.6) is 0 Å². The molecule has 25 heavy (non-hydrogen) atoms. The van der Waals surface area contributed by atoms with Crippen molar-refractivity contribution in [3.05, 3.63) is 69.6 Å². The second kappa shape index (κ2) is 6.70. The molecule has 128 valence electrons. The van der Waals surface area contributed by atoms with Crippen LogP contribution >= 0.6 is 23.4 Å². The van der Waals surface area contributed by atoms with Crippen molar-refractivity contribution in [1.82, 2.24) is 0 Å². The number of carbonyl (C=O) groups is 2. The van der Waals surface area contributed by atoms with Gasteiger partial charge in [-0.1, -0.05) is 56.6 Å². The van der Waals surface area contributed by atoms with Gasteiger partial charge in [-0.2, -0.15) is 0 Å². The molecule has 3 rings (SSSR count). The first-order valence-corrected chi connectivity index (χ1v) is 9.09. The van der Waals surface area contributed by atoms with Gasteiger partial charge in [0, 0.05) is 5.02 Å². The molecule has 0 spiro atoms. The van der Waals surface area contributed by atoms with Gasteiger partial charge < -0.3 is 0 Å². The van der Waals surface area contributed by atoms with Crippen molar-refractivity contribution >= 4 is 46.3 Å². The van der Waals surface area contributed by atoms with E-state index >= 15 is 0 Å². The van der Waals surface area contributed by atoms with Crippen LogP contribution in [-0.4, -0.2) is 11.1 Å². The molecule has 0 N–H and O–H groups in total. The fourth-order valence-corrected chi connectivity index (χ4v) is 3.48. The lowest BCUT2D eigenvalue weighted by atomic mass is 9.87. The molecule has 1 aliphatic rings. The van der Waals surface area contributed by atoms with Gasteiger partial charge in [0.2, 0.25) is 0 Å². The molecule has 0 saturated carbocycles. The second-order valence-corrected chi connectivity index (χ2v) is 8.30. The van der Waals surface area contributed by atoms with Crippen molar-refractivity contribution in [2.24, 2.45) is 0 Å². The summed E-state index contributed by atoms with van der Waals surface area (Å²) in [7, 11) is 0. The average molecular weight is 372 g/mol. The first-order valence-electron chi connectivity index (χ1n) is 7.90. The van der Waals surface area contributed by atoms with Gasteiger partial charge >= 0.3 is 0 Å². The summed E-state index contributed by atoms with van der Waals surface area (Å²) in [5.74, 6) is -0.308. The van der Waals surface area contributed by atoms with E-state index in [1.165, 1.54) is 10.5 Å². The first-order chi connectivity index (χ1) is 11.8. The minimum absolute atomic E-state index is 0.0744. The Morgan fingerprint density at radius 2 is 1.56 bits per heavy atom. The summed E-state index contributed by atoms with van der Waals surface area (Å²) in [6.07, 6.45) is 1.76. The highest BCUT2D eigenvalue weighted by molar-refractivity contribution is 8.19. The minimum Gasteiger partial charge on any atom is -0.268 e. The number of anilines is 1. The lowest BCUT2D eigenvalue weighted by Crippen LogP contribution is -2.27. The topological polar surface area (TPSA) is 37.4 Å². The van der Waals surface area contributed by atoms with E-state index < -0.39 is 0 Å². The molecule has 2 amide bonds. The number of halogens is 1. The number of rotatable bonds is 2. The van der Waals surface area contributed by atoms with Crippen LogP contribution in [0.1, 0.15) is 31.9 Å². The molecule has 2 aromatic rings. The predicted molar refractivity (Wildman–Crippen MR) is 105 cm³/mol. The van der Waals surface area contributed by atoms with Gasteiger partial charge in [-0.15, -0.1) is 0 Å². The fourth-order valence-electron chi connectivity index (χ4n) is 2.51. The molecule has 0 radical (unpaired) electrons. The maximum absolute atomic E-state index is 12.6. The zero-order chi connectivity index (χ0) is 18.2. The van der Waals surface area contributed by atoms with Crippen LogP contribution in [0, 0.1) is 0 Å². The second-order valence-electron chi connectivity index (χ2n) is 6.87. The van der Waals surface area contributed by atoms with E-state index in [0.29, 0.717) is 15.6 Å². The number of hydrogen-bond acceptors (Lipinski definition) is 3. The van der Waals surface area contributed by atoms with Crippen molar-refractivity contribution < 1.29 is 9.59 Å². The monoisotopic (exact) mass is 371 g/mol. The molecule has 0 unspecified atom stereocenters. The van der Waals surface area contributed by atoms with Gasteiger partial charge in [0.25, 0.3) is 11.1 Å². The smallest absolute Gasteiger partial charge is 0.268 e. The number of nitrogens with zero attached hydrogens (tertiary/aromatic N) is 1. The summed E-state index contributed by atoms with van der Waals surface area (Å²) >= 11 is 6.82. The van der Waals surface area contributed by atoms with Crippen LogP contribution in [0.3, 0.4) is 0 Å². The highest BCUT2D eigenvalue weighted by Crippen LogP contribution is 2.36. The van der Waals surface area contributed by atoms with Crippen molar-refractivity contribution in [3.8, 4) is 0 Å². The summed E-state index contributed by atoms with van der Waals surface area (Å²) in [4.78, 5) is 26.5. The summed E-state index contributed by atoms with van der Waals surface area (Å²) in [5.41, 5.74) is 2.72. The Kier molecular flexibility index (Phi) is 4.76. The lowest BCUT2D eigenvalue weighted by molar-refractivity contribution is -0.113. The fraction of sp³-hybridized carbons (Fsp3) is 0.200. The number of amides is 2. The molecule has 0 atom stereocenters. The SMILES string of the molecule is CC(C)(C)c1ccc(/C=C2/SC(=O)N(c3ccc(Cl)cc3)C2=O)cc1. The van der Waals surface area contributed by atoms with Gasteiger partial charge in [-0.05, 0) is 58.6 Å². The van der Waals surface area contributed by atoms with E-state index in [2.05, 4.69) is 32.9 Å². The molecule has 1 fully saturated rings. The quantitative estimate of drug-likeness (QED) is 0.618. The molecule has 0 bridgehead atoms. The third-order valence-electron chi connectivity index (χ3n) is 3.95. The zero-order valence-electron chi connectivity index (χ0n) is 14.2. The van der Waals surface area contributed by atoms with E-state index in [0.717, 1.165) is 17.3 Å². The van der Waals surface area contributed by atoms with Crippen LogP contribution in [0.25, 0.3) is 6.08 Å². The molecule has 5 heteroatoms. The molecule has 3 nitrogen and oxygen atoms in total. The van der Waals surface area contributed by atoms with E-state index in [1.807, 2.05) is 12.1 Å². The zero-order valence-corrected chi connectivity index (χ0v) is 15.8. The maximum Gasteiger partial charge on any atom is 0.298 e. The molecular weight excluding hydrogens is 354 g/mol. The van der Waals surface area contributed by atoms with Gasteiger partial charge in [-0.25, -0.2) is 4.90 Å². The number of thioether (sulfide) groups is 1. The highest BCUT2D eigenvalue weighted by Gasteiger charge is 2.36. The molecule has 1 saturated heterocycles. The molecule has 1 heterocycles. The van der Waals surface area contributed by atoms with Crippen LogP contribution in [0.15, 0.2) is 53.4 Å². The molecule has 2 aromatic carbocycles. The standard InChI is InChI=1S/C20H18ClNO2S/c1-20(2,3)14-6-4-13(5-7-14)12-17-18(23)22(19(24)25-17)16-10-8-15(21)9-11-16/h4-12H,1-3H3/b17-12+. The Morgan fingerprint density at radius 1 is 0.960 bits per heavy atom. The van der Waals surface area contributed by atoms with Crippen LogP contribution < -0.4 is 4.90 Å². The number of imide groups is 1. The highest BCUT2D eigenvalue weighted by atomic mass is 35.5. The molecule has 1 aliphatic heterocycles. The Labute approximate surface area is 156 Å². The van der Waals surface area contributed by atoms with Gasteiger partial charge in [-0.3, -0.25) is 9.59 Å². The summed E-state index contributed by atoms with van der Waals surface area (Å²) in [6.45, 7) is 6.46. The molecular formula is C20H18ClNO2S. The third kappa shape index (κ3) is 3.80. The normalized spacial score (nSPS) is 16.8. The lowest BCUT2D eigenvalue weighted by Gasteiger charge is -2.18. The van der Waals surface area contributed by atoms with Crippen LogP contribution in [-0.2, 0) is 10.2 Å². The van der Waals surface area contributed by atoms with Crippen molar-refractivity contribution in [2.75, 3.05) is 4.90 Å². The largest absolute Gasteiger partial charge is 0.298 e. The Balaban J connectivity index is 1.86. The first kappa shape index (κ1) is 17.8. The van der Waals surface area contributed by atoms with Crippen molar-refractivity contribution in [2.45, 2.75) is 26.2 Å². The van der Waals surface area contributed by atoms with E-state index in [9.17, 15) is 9.59 Å². The average Bonchev–Trinajstić information content (AvgIpc) is 2.82. The molecule has 0 aromatic heterocycles. The number of carbonyl (C=O) groups excluding carboxylic acids is 2. The molecule has 0 aliphatic carbocycles. The Bertz CT molecular complexity index is 849. The minimum atomic E-state index is -0.308. The maximum atomic E-state index is 12.6. The van der Waals surface area contributed by atoms with Gasteiger partial charge in [0.1, 0.15) is 0 Å². The summed E-state index contributed by atoms with van der Waals surface area (Å²) < 4.78 is 0. The van der Waals surface area contributed by atoms with Gasteiger partial charge in [0.15, 0.2) is 0 Å². The third-order valence-corrected chi connectivity index (χ3v) is 5.07.